The lowest BCUT2D eigenvalue weighted by molar-refractivity contribution is -0.153. The average Bonchev–Trinajstić information content (AvgIpc) is 2.47. The normalized spacial score (nSPS) is 30.2. The Morgan fingerprint density at radius 3 is 2.64 bits per heavy atom. The van der Waals surface area contributed by atoms with Crippen LogP contribution in [0.15, 0.2) is 12.2 Å². The Balaban J connectivity index is 2.88. The van der Waals surface area contributed by atoms with Crippen molar-refractivity contribution >= 4 is 5.97 Å². The molecule has 14 heavy (non-hydrogen) atoms. The highest BCUT2D eigenvalue weighted by Gasteiger charge is 2.46. The fraction of sp³-hybridized carbons (Fsp3) is 0.700. The van der Waals surface area contributed by atoms with Crippen molar-refractivity contribution in [2.75, 3.05) is 6.54 Å². The van der Waals surface area contributed by atoms with Crippen LogP contribution in [0, 0.1) is 0 Å². The second-order valence-electron chi connectivity index (χ2n) is 4.10. The maximum Gasteiger partial charge on any atom is 0.323 e. The van der Waals surface area contributed by atoms with E-state index in [1.54, 1.807) is 18.7 Å². The molecular formula is C10H17NO3. The van der Waals surface area contributed by atoms with Gasteiger partial charge < -0.3 is 10.2 Å². The Bertz CT molecular complexity index is 264. The number of likely N-dealkylation sites (tertiary alicyclic amines) is 1. The minimum absolute atomic E-state index is 0.576. The maximum atomic E-state index is 11.1. The Morgan fingerprint density at radius 1 is 1.64 bits per heavy atom. The second kappa shape index (κ2) is 3.71. The summed E-state index contributed by atoms with van der Waals surface area (Å²) in [6.45, 7) is 7.59. The van der Waals surface area contributed by atoms with Crippen molar-refractivity contribution in [1.29, 1.82) is 0 Å². The van der Waals surface area contributed by atoms with Gasteiger partial charge in [-0.25, -0.2) is 0 Å². The summed E-state index contributed by atoms with van der Waals surface area (Å²) in [5, 5.41) is 18.9. The molecule has 0 aromatic heterocycles. The Labute approximate surface area is 83.8 Å². The van der Waals surface area contributed by atoms with Gasteiger partial charge >= 0.3 is 5.97 Å². The quantitative estimate of drug-likeness (QED) is 0.661. The fourth-order valence-corrected chi connectivity index (χ4v) is 1.87. The van der Waals surface area contributed by atoms with Crippen LogP contribution in [0.5, 0.6) is 0 Å². The van der Waals surface area contributed by atoms with E-state index in [0.29, 0.717) is 18.5 Å². The molecule has 1 heterocycles. The van der Waals surface area contributed by atoms with Gasteiger partial charge in [-0.3, -0.25) is 9.69 Å². The average molecular weight is 199 g/mol. The molecule has 2 atom stereocenters. The number of hydrogen-bond donors (Lipinski definition) is 2. The third kappa shape index (κ3) is 1.67. The highest BCUT2D eigenvalue weighted by molar-refractivity contribution is 5.78. The Hall–Kier alpha value is -0.870. The van der Waals surface area contributed by atoms with E-state index in [1.165, 1.54) is 0 Å². The minimum Gasteiger partial charge on any atom is -0.480 e. The summed E-state index contributed by atoms with van der Waals surface area (Å²) < 4.78 is 0. The summed E-state index contributed by atoms with van der Waals surface area (Å²) in [5.74, 6) is -0.879. The van der Waals surface area contributed by atoms with Crippen LogP contribution >= 0.6 is 0 Å². The van der Waals surface area contributed by atoms with E-state index in [2.05, 4.69) is 6.58 Å². The zero-order chi connectivity index (χ0) is 10.9. The van der Waals surface area contributed by atoms with Crippen LogP contribution in [0.2, 0.25) is 0 Å². The standard InChI is InChI=1S/C10H17NO3/c1-7(2)8(12)11-6-4-5-10(11,3)9(13)14/h8,12H,1,4-6H2,2-3H3,(H,13,14)/t8?,10-/m1/s1. The van der Waals surface area contributed by atoms with Crippen molar-refractivity contribution in [1.82, 2.24) is 4.90 Å². The zero-order valence-corrected chi connectivity index (χ0v) is 8.66. The first-order chi connectivity index (χ1) is 6.39. The molecule has 2 N–H and O–H groups in total. The van der Waals surface area contributed by atoms with Gasteiger partial charge in [0.1, 0.15) is 11.8 Å². The Morgan fingerprint density at radius 2 is 2.21 bits per heavy atom. The summed E-state index contributed by atoms with van der Waals surface area (Å²) in [6, 6.07) is 0. The topological polar surface area (TPSA) is 60.8 Å². The summed E-state index contributed by atoms with van der Waals surface area (Å²) in [5.41, 5.74) is -0.363. The predicted octanol–water partition coefficient (Wildman–Crippen LogP) is 0.820. The van der Waals surface area contributed by atoms with Crippen LogP contribution in [0.25, 0.3) is 0 Å². The van der Waals surface area contributed by atoms with Crippen molar-refractivity contribution in [2.45, 2.75) is 38.5 Å². The van der Waals surface area contributed by atoms with Crippen molar-refractivity contribution < 1.29 is 15.0 Å². The van der Waals surface area contributed by atoms with Gasteiger partial charge in [-0.15, -0.1) is 0 Å². The van der Waals surface area contributed by atoms with Crippen molar-refractivity contribution in [3.05, 3.63) is 12.2 Å². The van der Waals surface area contributed by atoms with E-state index in [0.717, 1.165) is 6.42 Å². The number of carbonyl (C=O) groups is 1. The fourth-order valence-electron chi connectivity index (χ4n) is 1.87. The first kappa shape index (κ1) is 11.2. The number of nitrogens with zero attached hydrogens (tertiary/aromatic N) is 1. The molecule has 0 radical (unpaired) electrons. The molecule has 1 aliphatic heterocycles. The third-order valence-corrected chi connectivity index (χ3v) is 2.89. The monoisotopic (exact) mass is 199 g/mol. The first-order valence-corrected chi connectivity index (χ1v) is 4.73. The largest absolute Gasteiger partial charge is 0.480 e. The van der Waals surface area contributed by atoms with E-state index >= 15 is 0 Å². The lowest BCUT2D eigenvalue weighted by atomic mass is 9.98. The number of aliphatic carboxylic acids is 1. The molecule has 1 aliphatic rings. The molecule has 1 saturated heterocycles. The molecule has 0 aromatic carbocycles. The SMILES string of the molecule is C=C(C)C(O)N1CCC[C@]1(C)C(=O)O. The van der Waals surface area contributed by atoms with Gasteiger partial charge in [0.15, 0.2) is 0 Å². The van der Waals surface area contributed by atoms with Gasteiger partial charge in [-0.2, -0.15) is 0 Å². The molecule has 80 valence electrons. The van der Waals surface area contributed by atoms with Crippen molar-refractivity contribution in [3.63, 3.8) is 0 Å². The number of hydrogen-bond acceptors (Lipinski definition) is 3. The van der Waals surface area contributed by atoms with Gasteiger partial charge in [0, 0.05) is 6.54 Å². The summed E-state index contributed by atoms with van der Waals surface area (Å²) in [7, 11) is 0. The van der Waals surface area contributed by atoms with Gasteiger partial charge in [-0.1, -0.05) is 6.58 Å². The summed E-state index contributed by atoms with van der Waals surface area (Å²) >= 11 is 0. The molecule has 1 fully saturated rings. The smallest absolute Gasteiger partial charge is 0.323 e. The molecular weight excluding hydrogens is 182 g/mol. The molecule has 0 aliphatic carbocycles. The van der Waals surface area contributed by atoms with Gasteiger partial charge in [0.25, 0.3) is 0 Å². The minimum atomic E-state index is -0.946. The van der Waals surface area contributed by atoms with Gasteiger partial charge in [0.2, 0.25) is 0 Å². The highest BCUT2D eigenvalue weighted by atomic mass is 16.4. The molecule has 0 amide bonds. The van der Waals surface area contributed by atoms with E-state index in [-0.39, 0.29) is 0 Å². The van der Waals surface area contributed by atoms with Gasteiger partial charge in [-0.05, 0) is 32.3 Å². The maximum absolute atomic E-state index is 11.1. The third-order valence-electron chi connectivity index (χ3n) is 2.89. The Kier molecular flexibility index (Phi) is 2.97. The highest BCUT2D eigenvalue weighted by Crippen LogP contribution is 2.31. The lowest BCUT2D eigenvalue weighted by Gasteiger charge is -2.35. The van der Waals surface area contributed by atoms with Crippen LogP contribution in [0.3, 0.4) is 0 Å². The second-order valence-corrected chi connectivity index (χ2v) is 4.10. The molecule has 0 saturated carbocycles. The summed E-state index contributed by atoms with van der Waals surface area (Å²) in [4.78, 5) is 12.7. The molecule has 1 rings (SSSR count). The van der Waals surface area contributed by atoms with Crippen LogP contribution < -0.4 is 0 Å². The number of rotatable bonds is 3. The molecule has 0 aromatic rings. The van der Waals surface area contributed by atoms with Crippen LogP contribution in [0.4, 0.5) is 0 Å². The number of aliphatic hydroxyl groups excluding tert-OH is 1. The van der Waals surface area contributed by atoms with Gasteiger partial charge in [0.05, 0.1) is 0 Å². The van der Waals surface area contributed by atoms with E-state index in [9.17, 15) is 9.90 Å². The molecule has 1 unspecified atom stereocenters. The van der Waals surface area contributed by atoms with Crippen molar-refractivity contribution in [2.24, 2.45) is 0 Å². The zero-order valence-electron chi connectivity index (χ0n) is 8.66. The summed E-state index contributed by atoms with van der Waals surface area (Å²) in [6.07, 6.45) is 0.526. The number of carboxylic acid groups (broad SMARTS) is 1. The molecule has 4 heteroatoms. The van der Waals surface area contributed by atoms with E-state index in [1.807, 2.05) is 0 Å². The van der Waals surface area contributed by atoms with E-state index in [4.69, 9.17) is 5.11 Å². The molecule has 0 bridgehead atoms. The van der Waals surface area contributed by atoms with Crippen molar-refractivity contribution in [3.8, 4) is 0 Å². The van der Waals surface area contributed by atoms with Crippen LogP contribution in [-0.4, -0.2) is 39.4 Å². The van der Waals surface area contributed by atoms with Crippen LogP contribution in [0.1, 0.15) is 26.7 Å². The predicted molar refractivity (Wildman–Crippen MR) is 52.8 cm³/mol. The molecule has 0 spiro atoms. The lowest BCUT2D eigenvalue weighted by Crippen LogP contribution is -2.52. The molecule has 4 nitrogen and oxygen atoms in total. The number of carboxylic acids is 1. The number of aliphatic hydroxyl groups is 1. The van der Waals surface area contributed by atoms with E-state index < -0.39 is 17.7 Å². The van der Waals surface area contributed by atoms with Crippen LogP contribution in [-0.2, 0) is 4.79 Å². The first-order valence-electron chi connectivity index (χ1n) is 4.73.